The first-order chi connectivity index (χ1) is 9.36. The zero-order chi connectivity index (χ0) is 13.1. The van der Waals surface area contributed by atoms with Gasteiger partial charge in [-0.15, -0.1) is 0 Å². The van der Waals surface area contributed by atoms with Crippen LogP contribution in [0.4, 0.5) is 5.95 Å². The molecule has 0 amide bonds. The second kappa shape index (κ2) is 5.24. The summed E-state index contributed by atoms with van der Waals surface area (Å²) >= 11 is 0. The van der Waals surface area contributed by atoms with Gasteiger partial charge in [0.05, 0.1) is 18.4 Å². The highest BCUT2D eigenvalue weighted by molar-refractivity contribution is 5.40. The number of ether oxygens (including phenoxy) is 1. The van der Waals surface area contributed by atoms with Crippen molar-refractivity contribution in [2.75, 3.05) is 12.4 Å². The highest BCUT2D eigenvalue weighted by Crippen LogP contribution is 2.24. The van der Waals surface area contributed by atoms with Crippen molar-refractivity contribution in [1.29, 1.82) is 0 Å². The Bertz CT molecular complexity index is 571. The molecule has 0 unspecified atom stereocenters. The molecule has 0 aliphatic carbocycles. The third-order valence-electron chi connectivity index (χ3n) is 3.14. The fourth-order valence-corrected chi connectivity index (χ4v) is 2.16. The molecule has 3 rings (SSSR count). The van der Waals surface area contributed by atoms with E-state index in [4.69, 9.17) is 4.74 Å². The zero-order valence-corrected chi connectivity index (χ0v) is 10.8. The van der Waals surface area contributed by atoms with Crippen molar-refractivity contribution in [2.45, 2.75) is 19.6 Å². The second-order valence-electron chi connectivity index (χ2n) is 4.42. The third kappa shape index (κ3) is 2.51. The highest BCUT2D eigenvalue weighted by atomic mass is 16.5. The van der Waals surface area contributed by atoms with E-state index in [2.05, 4.69) is 32.7 Å². The largest absolute Gasteiger partial charge is 0.481 e. The SMILES string of the molecule is COc1nc(NCc2ccccc2)nc2c1CNC2. The van der Waals surface area contributed by atoms with Crippen LogP contribution in [0.25, 0.3) is 0 Å². The summed E-state index contributed by atoms with van der Waals surface area (Å²) in [6, 6.07) is 10.2. The Labute approximate surface area is 112 Å². The summed E-state index contributed by atoms with van der Waals surface area (Å²) in [5.41, 5.74) is 3.28. The maximum Gasteiger partial charge on any atom is 0.226 e. The van der Waals surface area contributed by atoms with Gasteiger partial charge in [-0.25, -0.2) is 4.98 Å². The molecule has 2 heterocycles. The van der Waals surface area contributed by atoms with E-state index in [0.717, 1.165) is 24.3 Å². The van der Waals surface area contributed by atoms with Gasteiger partial charge in [0.2, 0.25) is 11.8 Å². The summed E-state index contributed by atoms with van der Waals surface area (Å²) in [6.45, 7) is 2.25. The lowest BCUT2D eigenvalue weighted by Gasteiger charge is -2.09. The molecular weight excluding hydrogens is 240 g/mol. The maximum absolute atomic E-state index is 5.32. The predicted molar refractivity (Wildman–Crippen MR) is 72.9 cm³/mol. The number of methoxy groups -OCH3 is 1. The zero-order valence-electron chi connectivity index (χ0n) is 10.8. The van der Waals surface area contributed by atoms with Crippen LogP contribution in [0, 0.1) is 0 Å². The molecule has 1 aromatic heterocycles. The van der Waals surface area contributed by atoms with Crippen molar-refractivity contribution in [3.8, 4) is 5.88 Å². The highest BCUT2D eigenvalue weighted by Gasteiger charge is 2.19. The van der Waals surface area contributed by atoms with E-state index in [1.165, 1.54) is 5.56 Å². The van der Waals surface area contributed by atoms with Crippen LogP contribution in [-0.2, 0) is 19.6 Å². The van der Waals surface area contributed by atoms with Gasteiger partial charge in [0.25, 0.3) is 0 Å². The summed E-state index contributed by atoms with van der Waals surface area (Å²) in [5, 5.41) is 6.49. The van der Waals surface area contributed by atoms with Gasteiger partial charge in [-0.2, -0.15) is 4.98 Å². The molecule has 5 heteroatoms. The molecule has 5 nitrogen and oxygen atoms in total. The molecule has 0 spiro atoms. The summed E-state index contributed by atoms with van der Waals surface area (Å²) in [7, 11) is 1.64. The number of rotatable bonds is 4. The van der Waals surface area contributed by atoms with Crippen LogP contribution in [-0.4, -0.2) is 17.1 Å². The number of nitrogens with zero attached hydrogens (tertiary/aromatic N) is 2. The smallest absolute Gasteiger partial charge is 0.226 e. The lowest BCUT2D eigenvalue weighted by Crippen LogP contribution is -2.07. The van der Waals surface area contributed by atoms with Crippen LogP contribution in [0.1, 0.15) is 16.8 Å². The van der Waals surface area contributed by atoms with E-state index < -0.39 is 0 Å². The minimum absolute atomic E-state index is 0.614. The van der Waals surface area contributed by atoms with Crippen molar-refractivity contribution >= 4 is 5.95 Å². The van der Waals surface area contributed by atoms with Crippen molar-refractivity contribution in [2.24, 2.45) is 0 Å². The molecule has 1 aliphatic rings. The van der Waals surface area contributed by atoms with Crippen LogP contribution in [0.2, 0.25) is 0 Å². The normalized spacial score (nSPS) is 13.1. The van der Waals surface area contributed by atoms with Gasteiger partial charge < -0.3 is 15.4 Å². The van der Waals surface area contributed by atoms with Crippen molar-refractivity contribution in [1.82, 2.24) is 15.3 Å². The van der Waals surface area contributed by atoms with Crippen LogP contribution >= 0.6 is 0 Å². The van der Waals surface area contributed by atoms with E-state index in [1.54, 1.807) is 7.11 Å². The topological polar surface area (TPSA) is 59.1 Å². The second-order valence-corrected chi connectivity index (χ2v) is 4.42. The van der Waals surface area contributed by atoms with Crippen LogP contribution < -0.4 is 15.4 Å². The van der Waals surface area contributed by atoms with Crippen LogP contribution in [0.3, 0.4) is 0 Å². The molecule has 2 N–H and O–H groups in total. The first-order valence-electron chi connectivity index (χ1n) is 6.29. The van der Waals surface area contributed by atoms with Crippen molar-refractivity contribution in [3.63, 3.8) is 0 Å². The van der Waals surface area contributed by atoms with Gasteiger partial charge in [0.15, 0.2) is 0 Å². The van der Waals surface area contributed by atoms with Gasteiger partial charge in [0.1, 0.15) is 0 Å². The molecule has 1 aromatic carbocycles. The van der Waals surface area contributed by atoms with Gasteiger partial charge in [-0.3, -0.25) is 0 Å². The Balaban J connectivity index is 1.78. The fraction of sp³-hybridized carbons (Fsp3) is 0.286. The summed E-state index contributed by atoms with van der Waals surface area (Å²) in [4.78, 5) is 8.91. The number of hydrogen-bond donors (Lipinski definition) is 2. The monoisotopic (exact) mass is 256 g/mol. The van der Waals surface area contributed by atoms with Crippen molar-refractivity contribution in [3.05, 3.63) is 47.2 Å². The first-order valence-corrected chi connectivity index (χ1v) is 6.29. The molecule has 0 radical (unpaired) electrons. The van der Waals surface area contributed by atoms with Crippen LogP contribution in [0.15, 0.2) is 30.3 Å². The first kappa shape index (κ1) is 11.9. The molecule has 0 fully saturated rings. The molecule has 0 saturated heterocycles. The molecule has 0 bridgehead atoms. The predicted octanol–water partition coefficient (Wildman–Crippen LogP) is 1.70. The van der Waals surface area contributed by atoms with Crippen molar-refractivity contribution < 1.29 is 4.74 Å². The Morgan fingerprint density at radius 3 is 2.84 bits per heavy atom. The Morgan fingerprint density at radius 2 is 2.05 bits per heavy atom. The number of aromatic nitrogens is 2. The molecule has 98 valence electrons. The Morgan fingerprint density at radius 1 is 1.21 bits per heavy atom. The molecule has 2 aromatic rings. The Hall–Kier alpha value is -2.14. The van der Waals surface area contributed by atoms with Gasteiger partial charge >= 0.3 is 0 Å². The minimum atomic E-state index is 0.614. The van der Waals surface area contributed by atoms with Gasteiger partial charge in [0, 0.05) is 19.6 Å². The number of nitrogens with one attached hydrogen (secondary N) is 2. The average molecular weight is 256 g/mol. The standard InChI is InChI=1S/C14H16N4O/c1-19-13-11-8-15-9-12(11)17-14(18-13)16-7-10-5-3-2-4-6-10/h2-6,15H,7-9H2,1H3,(H,16,17,18). The molecule has 1 aliphatic heterocycles. The lowest BCUT2D eigenvalue weighted by molar-refractivity contribution is 0.392. The summed E-state index contributed by atoms with van der Waals surface area (Å²) in [6.07, 6.45) is 0. The molecule has 0 saturated carbocycles. The number of hydrogen-bond acceptors (Lipinski definition) is 5. The molecular formula is C14H16N4O. The third-order valence-corrected chi connectivity index (χ3v) is 3.14. The quantitative estimate of drug-likeness (QED) is 0.872. The van der Waals surface area contributed by atoms with Crippen LogP contribution in [0.5, 0.6) is 5.88 Å². The van der Waals surface area contributed by atoms with Gasteiger partial charge in [-0.05, 0) is 5.56 Å². The number of fused-ring (bicyclic) bond motifs is 1. The van der Waals surface area contributed by atoms with E-state index >= 15 is 0 Å². The van der Waals surface area contributed by atoms with E-state index in [9.17, 15) is 0 Å². The molecule has 19 heavy (non-hydrogen) atoms. The van der Waals surface area contributed by atoms with E-state index in [-0.39, 0.29) is 0 Å². The van der Waals surface area contributed by atoms with E-state index in [0.29, 0.717) is 18.4 Å². The number of anilines is 1. The molecule has 0 atom stereocenters. The minimum Gasteiger partial charge on any atom is -0.481 e. The average Bonchev–Trinajstić information content (AvgIpc) is 2.93. The van der Waals surface area contributed by atoms with E-state index in [1.807, 2.05) is 18.2 Å². The lowest BCUT2D eigenvalue weighted by atomic mass is 10.2. The summed E-state index contributed by atoms with van der Waals surface area (Å²) in [5.74, 6) is 1.27. The van der Waals surface area contributed by atoms with Gasteiger partial charge in [-0.1, -0.05) is 30.3 Å². The number of benzene rings is 1. The maximum atomic E-state index is 5.32. The fourth-order valence-electron chi connectivity index (χ4n) is 2.16. The summed E-state index contributed by atoms with van der Waals surface area (Å²) < 4.78 is 5.32. The Kier molecular flexibility index (Phi) is 3.29.